The number of nitrogens with zero attached hydrogens (tertiary/aromatic N) is 2. The molecular weight excluding hydrogens is 470 g/mol. The van der Waals surface area contributed by atoms with E-state index in [9.17, 15) is 9.59 Å². The van der Waals surface area contributed by atoms with Gasteiger partial charge in [-0.15, -0.1) is 0 Å². The van der Waals surface area contributed by atoms with Crippen LogP contribution in [0.2, 0.25) is 5.02 Å². The van der Waals surface area contributed by atoms with Crippen LogP contribution in [0.3, 0.4) is 0 Å². The van der Waals surface area contributed by atoms with Crippen LogP contribution >= 0.6 is 23.4 Å². The molecule has 6 nitrogen and oxygen atoms in total. The van der Waals surface area contributed by atoms with Crippen molar-refractivity contribution in [1.29, 1.82) is 0 Å². The summed E-state index contributed by atoms with van der Waals surface area (Å²) < 4.78 is 5.14. The first-order valence-electron chi connectivity index (χ1n) is 11.1. The third-order valence-electron chi connectivity index (χ3n) is 5.85. The van der Waals surface area contributed by atoms with Crippen LogP contribution in [-0.4, -0.2) is 29.1 Å². The monoisotopic (exact) mass is 495 g/mol. The zero-order chi connectivity index (χ0) is 24.2. The van der Waals surface area contributed by atoms with Gasteiger partial charge >= 0.3 is 5.97 Å². The van der Waals surface area contributed by atoms with E-state index in [1.165, 1.54) is 18.9 Å². The molecule has 0 unspecified atom stereocenters. The van der Waals surface area contributed by atoms with Gasteiger partial charge in [-0.3, -0.25) is 4.79 Å². The molecule has 4 rings (SSSR count). The smallest absolute Gasteiger partial charge is 0.338 e. The molecule has 0 saturated carbocycles. The molecule has 0 aromatic heterocycles. The number of allylic oxidation sites excluding steroid dienone is 1. The van der Waals surface area contributed by atoms with Crippen molar-refractivity contribution in [3.05, 3.63) is 93.1 Å². The standard InChI is InChI=1S/C26H26ClN3O3S/c1-4-21-23(25(32)33-3)24(19-12-8-9-13-20(19)27)30-18(15-34-26(30)29-21)14-22(31)28-16(2)17-10-6-5-7-11-17/h5-13,15-16,24H,4,14H2,1-3H3,(H,28,31)/t16-,24+/m1/s1. The predicted octanol–water partition coefficient (Wildman–Crippen LogP) is 5.75. The number of methoxy groups -OCH3 is 1. The number of esters is 1. The predicted molar refractivity (Wildman–Crippen MR) is 136 cm³/mol. The Kier molecular flexibility index (Phi) is 7.44. The van der Waals surface area contributed by atoms with Gasteiger partial charge < -0.3 is 15.0 Å². The lowest BCUT2D eigenvalue weighted by molar-refractivity contribution is -0.136. The first-order valence-corrected chi connectivity index (χ1v) is 12.3. The number of thioether (sulfide) groups is 1. The Morgan fingerprint density at radius 1 is 1.18 bits per heavy atom. The Balaban J connectivity index is 1.66. The number of aliphatic imine (C=N–C) groups is 1. The van der Waals surface area contributed by atoms with Crippen molar-refractivity contribution in [3.63, 3.8) is 0 Å². The maximum Gasteiger partial charge on any atom is 0.338 e. The molecule has 8 heteroatoms. The van der Waals surface area contributed by atoms with Gasteiger partial charge in [-0.2, -0.15) is 0 Å². The Morgan fingerprint density at radius 2 is 1.88 bits per heavy atom. The summed E-state index contributed by atoms with van der Waals surface area (Å²) in [5.41, 5.74) is 3.64. The Bertz CT molecular complexity index is 1190. The summed E-state index contributed by atoms with van der Waals surface area (Å²) in [5.74, 6) is -0.574. The van der Waals surface area contributed by atoms with E-state index in [2.05, 4.69) is 5.32 Å². The average Bonchev–Trinajstić information content (AvgIpc) is 3.25. The molecular formula is C26H26ClN3O3S. The van der Waals surface area contributed by atoms with Gasteiger partial charge in [0.25, 0.3) is 0 Å². The number of benzene rings is 2. The lowest BCUT2D eigenvalue weighted by atomic mass is 9.92. The molecule has 2 aliphatic rings. The first-order chi connectivity index (χ1) is 16.4. The van der Waals surface area contributed by atoms with Crippen LogP contribution in [0.1, 0.15) is 49.9 Å². The minimum absolute atomic E-state index is 0.118. The molecule has 2 atom stereocenters. The van der Waals surface area contributed by atoms with Crippen LogP contribution in [0, 0.1) is 0 Å². The van der Waals surface area contributed by atoms with Gasteiger partial charge in [0.05, 0.1) is 36.9 Å². The number of carbonyl (C=O) groups excluding carboxylic acids is 2. The number of fused-ring (bicyclic) bond motifs is 1. The number of hydrogen-bond acceptors (Lipinski definition) is 6. The minimum atomic E-state index is -0.538. The van der Waals surface area contributed by atoms with Gasteiger partial charge in [0.2, 0.25) is 5.91 Å². The maximum atomic E-state index is 13.0. The fraction of sp³-hybridized carbons (Fsp3) is 0.269. The van der Waals surface area contributed by atoms with Crippen LogP contribution in [0.5, 0.6) is 0 Å². The highest BCUT2D eigenvalue weighted by Gasteiger charge is 2.42. The van der Waals surface area contributed by atoms with E-state index >= 15 is 0 Å². The molecule has 2 aromatic rings. The average molecular weight is 496 g/mol. The highest BCUT2D eigenvalue weighted by Crippen LogP contribution is 2.46. The third kappa shape index (κ3) is 4.76. The van der Waals surface area contributed by atoms with Crippen LogP contribution in [-0.2, 0) is 14.3 Å². The van der Waals surface area contributed by atoms with Crippen LogP contribution < -0.4 is 5.32 Å². The van der Waals surface area contributed by atoms with Gasteiger partial charge in [0, 0.05) is 10.7 Å². The number of hydrogen-bond donors (Lipinski definition) is 1. The summed E-state index contributed by atoms with van der Waals surface area (Å²) in [6.45, 7) is 3.91. The first kappa shape index (κ1) is 24.1. The molecule has 0 spiro atoms. The number of nitrogens with one attached hydrogen (secondary N) is 1. The molecule has 0 radical (unpaired) electrons. The van der Waals surface area contributed by atoms with Crippen molar-refractivity contribution in [3.8, 4) is 0 Å². The SMILES string of the molecule is CCC1=C(C(=O)OC)[C@H](c2ccccc2Cl)N2C(CC(=O)N[C@H](C)c3ccccc3)=CSC2=N1. The molecule has 0 aliphatic carbocycles. The zero-order valence-corrected chi connectivity index (χ0v) is 20.8. The van der Waals surface area contributed by atoms with E-state index in [4.69, 9.17) is 21.3 Å². The Hall–Kier alpha value is -3.03. The molecule has 0 saturated heterocycles. The van der Waals surface area contributed by atoms with Gasteiger partial charge in [-0.1, -0.05) is 78.8 Å². The van der Waals surface area contributed by atoms with E-state index in [-0.39, 0.29) is 18.4 Å². The summed E-state index contributed by atoms with van der Waals surface area (Å²) >= 11 is 8.04. The van der Waals surface area contributed by atoms with E-state index in [1.54, 1.807) is 6.07 Å². The molecule has 2 heterocycles. The zero-order valence-electron chi connectivity index (χ0n) is 19.2. The largest absolute Gasteiger partial charge is 0.466 e. The summed E-state index contributed by atoms with van der Waals surface area (Å²) in [6.07, 6.45) is 0.702. The van der Waals surface area contributed by atoms with Crippen LogP contribution in [0.4, 0.5) is 0 Å². The van der Waals surface area contributed by atoms with Crippen molar-refractivity contribution in [2.75, 3.05) is 7.11 Å². The number of amides is 1. The number of amidine groups is 1. The number of rotatable bonds is 7. The second-order valence-corrected chi connectivity index (χ2v) is 9.24. The van der Waals surface area contributed by atoms with E-state index in [0.29, 0.717) is 27.9 Å². The second-order valence-electron chi connectivity index (χ2n) is 8.00. The third-order valence-corrected chi connectivity index (χ3v) is 7.08. The summed E-state index contributed by atoms with van der Waals surface area (Å²) in [4.78, 5) is 32.6. The Labute approximate surface area is 208 Å². The van der Waals surface area contributed by atoms with Crippen molar-refractivity contribution < 1.29 is 14.3 Å². The molecule has 0 fully saturated rings. The van der Waals surface area contributed by atoms with Gasteiger partial charge in [0.1, 0.15) is 0 Å². The number of halogens is 1. The summed E-state index contributed by atoms with van der Waals surface area (Å²) in [5, 5.41) is 6.23. The summed E-state index contributed by atoms with van der Waals surface area (Å²) in [7, 11) is 1.36. The van der Waals surface area contributed by atoms with E-state index in [1.807, 2.05) is 72.7 Å². The fourth-order valence-corrected chi connectivity index (χ4v) is 5.36. The summed E-state index contributed by atoms with van der Waals surface area (Å²) in [6, 6.07) is 16.6. The van der Waals surface area contributed by atoms with Gasteiger partial charge in [-0.25, -0.2) is 9.79 Å². The normalized spacial score (nSPS) is 18.1. The van der Waals surface area contributed by atoms with E-state index < -0.39 is 12.0 Å². The fourth-order valence-electron chi connectivity index (χ4n) is 4.19. The van der Waals surface area contributed by atoms with Crippen molar-refractivity contribution in [2.45, 2.75) is 38.8 Å². The van der Waals surface area contributed by atoms with E-state index in [0.717, 1.165) is 16.8 Å². The lowest BCUT2D eigenvalue weighted by Gasteiger charge is -2.37. The van der Waals surface area contributed by atoms with Crippen LogP contribution in [0.25, 0.3) is 0 Å². The Morgan fingerprint density at radius 3 is 2.56 bits per heavy atom. The van der Waals surface area contributed by atoms with Crippen molar-refractivity contribution in [2.24, 2.45) is 4.99 Å². The van der Waals surface area contributed by atoms with Gasteiger partial charge in [0.15, 0.2) is 5.17 Å². The maximum absolute atomic E-state index is 13.0. The molecule has 1 N–H and O–H groups in total. The molecule has 2 aromatic carbocycles. The topological polar surface area (TPSA) is 71.0 Å². The highest BCUT2D eigenvalue weighted by molar-refractivity contribution is 8.16. The molecule has 2 aliphatic heterocycles. The lowest BCUT2D eigenvalue weighted by Crippen LogP contribution is -2.38. The minimum Gasteiger partial charge on any atom is -0.466 e. The van der Waals surface area contributed by atoms with Crippen LogP contribution in [0.15, 0.2) is 82.0 Å². The van der Waals surface area contributed by atoms with Gasteiger partial charge in [-0.05, 0) is 35.9 Å². The highest BCUT2D eigenvalue weighted by atomic mass is 35.5. The molecule has 0 bridgehead atoms. The number of ether oxygens (including phenoxy) is 1. The van der Waals surface area contributed by atoms with Crippen molar-refractivity contribution in [1.82, 2.24) is 10.2 Å². The quantitative estimate of drug-likeness (QED) is 0.495. The molecule has 1 amide bonds. The number of carbonyl (C=O) groups is 2. The second kappa shape index (κ2) is 10.5. The molecule has 34 heavy (non-hydrogen) atoms. The molecule has 176 valence electrons. The van der Waals surface area contributed by atoms with Crippen molar-refractivity contribution >= 4 is 40.4 Å².